The lowest BCUT2D eigenvalue weighted by Gasteiger charge is -2.32. The maximum absolute atomic E-state index is 13.8. The maximum Gasteiger partial charge on any atom is 0.421 e. The van der Waals surface area contributed by atoms with Crippen LogP contribution in [0.1, 0.15) is 51.0 Å². The molecule has 198 valence electrons. The van der Waals surface area contributed by atoms with E-state index in [9.17, 15) is 22.8 Å². The van der Waals surface area contributed by atoms with Crippen LogP contribution in [0.15, 0.2) is 42.6 Å². The third kappa shape index (κ3) is 7.21. The third-order valence-electron chi connectivity index (χ3n) is 6.65. The van der Waals surface area contributed by atoms with Gasteiger partial charge in [-0.05, 0) is 49.8 Å². The fourth-order valence-electron chi connectivity index (χ4n) is 4.69. The van der Waals surface area contributed by atoms with Gasteiger partial charge in [0.2, 0.25) is 17.8 Å². The Morgan fingerprint density at radius 2 is 1.81 bits per heavy atom. The summed E-state index contributed by atoms with van der Waals surface area (Å²) < 4.78 is 41.3. The number of nitrogens with zero attached hydrogens (tertiary/aromatic N) is 3. The molecule has 2 fully saturated rings. The molecule has 1 aliphatic carbocycles. The molecule has 1 aromatic carbocycles. The molecule has 37 heavy (non-hydrogen) atoms. The van der Waals surface area contributed by atoms with Gasteiger partial charge in [0.25, 0.3) is 0 Å². The van der Waals surface area contributed by atoms with Crippen molar-refractivity contribution >= 4 is 35.0 Å². The first-order valence-electron chi connectivity index (χ1n) is 12.5. The number of anilines is 4. The molecule has 4 rings (SSSR count). The maximum atomic E-state index is 13.8. The smallest absolute Gasteiger partial charge is 0.350 e. The molecule has 8 nitrogen and oxygen atoms in total. The van der Waals surface area contributed by atoms with Gasteiger partial charge < -0.3 is 20.9 Å². The number of benzene rings is 1. The summed E-state index contributed by atoms with van der Waals surface area (Å²) in [6.07, 6.45) is 5.32. The lowest BCUT2D eigenvalue weighted by atomic mass is 10.1. The molecule has 2 heterocycles. The van der Waals surface area contributed by atoms with Crippen molar-refractivity contribution < 1.29 is 22.8 Å². The fraction of sp³-hybridized carbons (Fsp3) is 0.462. The number of allylic oxidation sites excluding steroid dienone is 1. The predicted molar refractivity (Wildman–Crippen MR) is 135 cm³/mol. The summed E-state index contributed by atoms with van der Waals surface area (Å²) in [6, 6.07) is 6.33. The Labute approximate surface area is 213 Å². The Bertz CT molecular complexity index is 1150. The third-order valence-corrected chi connectivity index (χ3v) is 6.65. The van der Waals surface area contributed by atoms with Crippen LogP contribution >= 0.6 is 0 Å². The average molecular weight is 517 g/mol. The van der Waals surface area contributed by atoms with Gasteiger partial charge in [0.1, 0.15) is 11.4 Å². The molecule has 11 heteroatoms. The highest BCUT2D eigenvalue weighted by atomic mass is 19.4. The SMILES string of the molecule is CC(=O)N1CCC[C@H](Nc2ncc(C(F)(F)F)c(Nc3ccccc3NC(=O)/C=C/C3CCCC3)n2)C1. The number of halogens is 3. The second kappa shape index (κ2) is 11.6. The molecule has 2 amide bonds. The summed E-state index contributed by atoms with van der Waals surface area (Å²) >= 11 is 0. The monoisotopic (exact) mass is 516 g/mol. The van der Waals surface area contributed by atoms with Gasteiger partial charge in [-0.15, -0.1) is 0 Å². The molecular weight excluding hydrogens is 485 g/mol. The summed E-state index contributed by atoms with van der Waals surface area (Å²) in [4.78, 5) is 33.9. The molecule has 0 radical (unpaired) electrons. The number of carbonyl (C=O) groups is 2. The Kier molecular flexibility index (Phi) is 8.30. The van der Waals surface area contributed by atoms with E-state index >= 15 is 0 Å². The number of hydrogen-bond donors (Lipinski definition) is 3. The van der Waals surface area contributed by atoms with Crippen molar-refractivity contribution in [1.82, 2.24) is 14.9 Å². The van der Waals surface area contributed by atoms with E-state index in [-0.39, 0.29) is 29.5 Å². The van der Waals surface area contributed by atoms with E-state index in [4.69, 9.17) is 0 Å². The van der Waals surface area contributed by atoms with Crippen LogP contribution in [0.3, 0.4) is 0 Å². The minimum absolute atomic E-state index is 0.0203. The van der Waals surface area contributed by atoms with Crippen molar-refractivity contribution in [1.29, 1.82) is 0 Å². The molecule has 1 saturated carbocycles. The number of amides is 2. The molecule has 0 bridgehead atoms. The Morgan fingerprint density at radius 3 is 2.51 bits per heavy atom. The first-order chi connectivity index (χ1) is 17.7. The van der Waals surface area contributed by atoms with E-state index in [1.165, 1.54) is 13.0 Å². The van der Waals surface area contributed by atoms with Crippen molar-refractivity contribution in [2.45, 2.75) is 57.7 Å². The van der Waals surface area contributed by atoms with Crippen LogP contribution in [-0.4, -0.2) is 45.8 Å². The summed E-state index contributed by atoms with van der Waals surface area (Å²) in [7, 11) is 0. The number of piperidine rings is 1. The molecule has 0 unspecified atom stereocenters. The summed E-state index contributed by atoms with van der Waals surface area (Å²) in [6.45, 7) is 2.55. The van der Waals surface area contributed by atoms with Gasteiger partial charge in [0.05, 0.1) is 11.4 Å². The second-order valence-electron chi connectivity index (χ2n) is 9.47. The molecule has 0 spiro atoms. The number of hydrogen-bond acceptors (Lipinski definition) is 6. The van der Waals surface area contributed by atoms with E-state index < -0.39 is 17.6 Å². The predicted octanol–water partition coefficient (Wildman–Crippen LogP) is 5.35. The first-order valence-corrected chi connectivity index (χ1v) is 12.5. The van der Waals surface area contributed by atoms with Crippen molar-refractivity contribution in [3.05, 3.63) is 48.2 Å². The molecule has 2 aromatic rings. The van der Waals surface area contributed by atoms with Gasteiger partial charge >= 0.3 is 6.18 Å². The van der Waals surface area contributed by atoms with Crippen LogP contribution in [0.25, 0.3) is 0 Å². The standard InChI is InChI=1S/C26H31F3N6O2/c1-17(36)35-14-6-9-19(16-35)31-25-30-15-20(26(27,28)29)24(34-25)33-22-11-5-4-10-21(22)32-23(37)13-12-18-7-2-3-8-18/h4-5,10-13,15,18-19H,2-3,6-9,14,16H2,1H3,(H,32,37)(H2,30,31,33,34)/b13-12+/t19-/m0/s1. The van der Waals surface area contributed by atoms with E-state index in [1.807, 2.05) is 6.08 Å². The number of nitrogens with one attached hydrogen (secondary N) is 3. The summed E-state index contributed by atoms with van der Waals surface area (Å²) in [5.41, 5.74) is -0.441. The van der Waals surface area contributed by atoms with Crippen LogP contribution in [0.2, 0.25) is 0 Å². The van der Waals surface area contributed by atoms with Gasteiger partial charge in [0, 0.05) is 32.3 Å². The number of carbonyl (C=O) groups excluding carboxylic acids is 2. The van der Waals surface area contributed by atoms with Crippen LogP contribution in [-0.2, 0) is 15.8 Å². The minimum Gasteiger partial charge on any atom is -0.350 e. The van der Waals surface area contributed by atoms with Crippen molar-refractivity contribution in [2.75, 3.05) is 29.0 Å². The highest BCUT2D eigenvalue weighted by Crippen LogP contribution is 2.36. The van der Waals surface area contributed by atoms with Crippen molar-refractivity contribution in [2.24, 2.45) is 5.92 Å². The van der Waals surface area contributed by atoms with Gasteiger partial charge in [-0.1, -0.05) is 31.1 Å². The lowest BCUT2D eigenvalue weighted by molar-refractivity contribution is -0.137. The van der Waals surface area contributed by atoms with Crippen LogP contribution < -0.4 is 16.0 Å². The number of likely N-dealkylation sites (tertiary alicyclic amines) is 1. The average Bonchev–Trinajstić information content (AvgIpc) is 3.37. The van der Waals surface area contributed by atoms with Crippen LogP contribution in [0, 0.1) is 5.92 Å². The molecule has 3 N–H and O–H groups in total. The van der Waals surface area contributed by atoms with E-state index in [1.54, 1.807) is 29.2 Å². The molecule has 1 atom stereocenters. The summed E-state index contributed by atoms with van der Waals surface area (Å²) in [5.74, 6) is -0.445. The zero-order valence-electron chi connectivity index (χ0n) is 20.6. The quantitative estimate of drug-likeness (QED) is 0.430. The zero-order valence-corrected chi connectivity index (χ0v) is 20.6. The van der Waals surface area contributed by atoms with E-state index in [0.717, 1.165) is 44.7 Å². The number of alkyl halides is 3. The molecule has 2 aliphatic rings. The Balaban J connectivity index is 1.53. The van der Waals surface area contributed by atoms with Gasteiger partial charge in [-0.2, -0.15) is 18.2 Å². The molecule has 1 aliphatic heterocycles. The van der Waals surface area contributed by atoms with E-state index in [2.05, 4.69) is 25.9 Å². The van der Waals surface area contributed by atoms with Gasteiger partial charge in [0.15, 0.2) is 0 Å². The zero-order chi connectivity index (χ0) is 26.4. The molecule has 1 aromatic heterocycles. The number of rotatable bonds is 7. The highest BCUT2D eigenvalue weighted by Gasteiger charge is 2.36. The van der Waals surface area contributed by atoms with Gasteiger partial charge in [-0.25, -0.2) is 4.98 Å². The minimum atomic E-state index is -4.70. The first kappa shape index (κ1) is 26.4. The highest BCUT2D eigenvalue weighted by molar-refractivity contribution is 6.01. The normalized spacial score (nSPS) is 18.7. The van der Waals surface area contributed by atoms with Crippen LogP contribution in [0.5, 0.6) is 0 Å². The van der Waals surface area contributed by atoms with Gasteiger partial charge in [-0.3, -0.25) is 9.59 Å². The Morgan fingerprint density at radius 1 is 1.08 bits per heavy atom. The largest absolute Gasteiger partial charge is 0.421 e. The Hall–Kier alpha value is -3.63. The number of aromatic nitrogens is 2. The summed E-state index contributed by atoms with van der Waals surface area (Å²) in [5, 5.41) is 8.54. The van der Waals surface area contributed by atoms with E-state index in [0.29, 0.717) is 24.7 Å². The molecule has 1 saturated heterocycles. The fourth-order valence-corrected chi connectivity index (χ4v) is 4.69. The van der Waals surface area contributed by atoms with Crippen LogP contribution in [0.4, 0.5) is 36.3 Å². The molecular formula is C26H31F3N6O2. The number of para-hydroxylation sites is 2. The second-order valence-corrected chi connectivity index (χ2v) is 9.47. The van der Waals surface area contributed by atoms with Crippen molar-refractivity contribution in [3.8, 4) is 0 Å². The van der Waals surface area contributed by atoms with Crippen molar-refractivity contribution in [3.63, 3.8) is 0 Å². The topological polar surface area (TPSA) is 99.3 Å². The lowest BCUT2D eigenvalue weighted by Crippen LogP contribution is -2.44.